The van der Waals surface area contributed by atoms with Crippen molar-refractivity contribution in [3.05, 3.63) is 58.1 Å². The Labute approximate surface area is 132 Å². The van der Waals surface area contributed by atoms with Gasteiger partial charge in [-0.3, -0.25) is 4.79 Å². The number of carbonyl (C=O) groups is 1. The van der Waals surface area contributed by atoms with Crippen LogP contribution in [0, 0.1) is 0 Å². The highest BCUT2D eigenvalue weighted by molar-refractivity contribution is 9.10. The maximum Gasteiger partial charge on any atom is 0.251 e. The van der Waals surface area contributed by atoms with E-state index in [0.29, 0.717) is 11.3 Å². The standard InChI is InChI=1S/C16H17BrN2O2/c1-10(11-4-3-5-15(8-11)21-2)19-16(20)12-6-13(17)9-14(18)7-12/h3-10H,18H2,1-2H3,(H,19,20)/t10-/m1/s1. The summed E-state index contributed by atoms with van der Waals surface area (Å²) in [7, 11) is 1.62. The van der Waals surface area contributed by atoms with Gasteiger partial charge in [0, 0.05) is 15.7 Å². The first-order valence-corrected chi connectivity index (χ1v) is 7.30. The van der Waals surface area contributed by atoms with E-state index in [1.807, 2.05) is 31.2 Å². The molecule has 1 amide bonds. The highest BCUT2D eigenvalue weighted by Gasteiger charge is 2.13. The molecule has 0 saturated heterocycles. The van der Waals surface area contributed by atoms with Crippen LogP contribution >= 0.6 is 15.9 Å². The number of anilines is 1. The molecule has 21 heavy (non-hydrogen) atoms. The average molecular weight is 349 g/mol. The van der Waals surface area contributed by atoms with E-state index in [0.717, 1.165) is 15.8 Å². The van der Waals surface area contributed by atoms with Crippen LogP contribution in [0.1, 0.15) is 28.9 Å². The molecule has 3 N–H and O–H groups in total. The van der Waals surface area contributed by atoms with E-state index < -0.39 is 0 Å². The van der Waals surface area contributed by atoms with Crippen LogP contribution in [-0.2, 0) is 0 Å². The molecule has 0 spiro atoms. The Morgan fingerprint density at radius 3 is 2.71 bits per heavy atom. The number of benzene rings is 2. The third-order valence-electron chi connectivity index (χ3n) is 3.12. The van der Waals surface area contributed by atoms with E-state index in [9.17, 15) is 4.79 Å². The van der Waals surface area contributed by atoms with Crippen LogP contribution in [0.3, 0.4) is 0 Å². The first-order chi connectivity index (χ1) is 9.99. The summed E-state index contributed by atoms with van der Waals surface area (Å²) in [6.07, 6.45) is 0. The minimum atomic E-state index is -0.168. The molecular formula is C16H17BrN2O2. The Bertz CT molecular complexity index is 638. The molecule has 0 bridgehead atoms. The normalized spacial score (nSPS) is 11.8. The lowest BCUT2D eigenvalue weighted by Crippen LogP contribution is -2.26. The van der Waals surface area contributed by atoms with Crippen molar-refractivity contribution in [3.8, 4) is 5.75 Å². The van der Waals surface area contributed by atoms with E-state index in [-0.39, 0.29) is 11.9 Å². The number of ether oxygens (including phenoxy) is 1. The predicted molar refractivity (Wildman–Crippen MR) is 87.4 cm³/mol. The van der Waals surface area contributed by atoms with Crippen LogP contribution < -0.4 is 15.8 Å². The molecule has 5 heteroatoms. The lowest BCUT2D eigenvalue weighted by Gasteiger charge is -2.15. The Morgan fingerprint density at radius 1 is 1.29 bits per heavy atom. The van der Waals surface area contributed by atoms with Gasteiger partial charge in [0.25, 0.3) is 5.91 Å². The summed E-state index contributed by atoms with van der Waals surface area (Å²) in [5.74, 6) is 0.596. The molecule has 0 aliphatic heterocycles. The van der Waals surface area contributed by atoms with Crippen molar-refractivity contribution in [2.24, 2.45) is 0 Å². The molecule has 0 aliphatic rings. The molecule has 0 radical (unpaired) electrons. The first-order valence-electron chi connectivity index (χ1n) is 6.50. The summed E-state index contributed by atoms with van der Waals surface area (Å²) in [6.45, 7) is 1.92. The first kappa shape index (κ1) is 15.4. The van der Waals surface area contributed by atoms with Crippen LogP contribution in [0.15, 0.2) is 46.9 Å². The van der Waals surface area contributed by atoms with Crippen molar-refractivity contribution < 1.29 is 9.53 Å². The SMILES string of the molecule is COc1cccc([C@@H](C)NC(=O)c2cc(N)cc(Br)c2)c1. The molecular weight excluding hydrogens is 332 g/mol. The van der Waals surface area contributed by atoms with Gasteiger partial charge in [-0.1, -0.05) is 28.1 Å². The van der Waals surface area contributed by atoms with Crippen LogP contribution in [0.25, 0.3) is 0 Å². The number of nitrogen functional groups attached to an aromatic ring is 1. The minimum Gasteiger partial charge on any atom is -0.497 e. The molecule has 2 aromatic carbocycles. The molecule has 110 valence electrons. The van der Waals surface area contributed by atoms with Crippen LogP contribution in [0.5, 0.6) is 5.75 Å². The second kappa shape index (κ2) is 6.63. The van der Waals surface area contributed by atoms with Crippen molar-refractivity contribution in [2.45, 2.75) is 13.0 Å². The summed E-state index contributed by atoms with van der Waals surface area (Å²) < 4.78 is 5.97. The zero-order valence-electron chi connectivity index (χ0n) is 11.9. The molecule has 0 heterocycles. The Balaban J connectivity index is 2.14. The van der Waals surface area contributed by atoms with Gasteiger partial charge in [0.15, 0.2) is 0 Å². The summed E-state index contributed by atoms with van der Waals surface area (Å²) >= 11 is 3.33. The van der Waals surface area contributed by atoms with Crippen LogP contribution in [-0.4, -0.2) is 13.0 Å². The second-order valence-electron chi connectivity index (χ2n) is 4.75. The second-order valence-corrected chi connectivity index (χ2v) is 5.66. The third kappa shape index (κ3) is 3.98. The van der Waals surface area contributed by atoms with Crippen LogP contribution in [0.4, 0.5) is 5.69 Å². The number of halogens is 1. The lowest BCUT2D eigenvalue weighted by molar-refractivity contribution is 0.0940. The zero-order chi connectivity index (χ0) is 15.4. The molecule has 2 aromatic rings. The number of hydrogen-bond acceptors (Lipinski definition) is 3. The molecule has 0 aromatic heterocycles. The van der Waals surface area contributed by atoms with Gasteiger partial charge in [0.2, 0.25) is 0 Å². The Kier molecular flexibility index (Phi) is 4.85. The van der Waals surface area contributed by atoms with Crippen molar-refractivity contribution in [2.75, 3.05) is 12.8 Å². The topological polar surface area (TPSA) is 64.3 Å². The van der Waals surface area contributed by atoms with Crippen LogP contribution in [0.2, 0.25) is 0 Å². The third-order valence-corrected chi connectivity index (χ3v) is 3.58. The molecule has 0 aliphatic carbocycles. The highest BCUT2D eigenvalue weighted by Crippen LogP contribution is 2.21. The van der Waals surface area contributed by atoms with Gasteiger partial charge in [-0.25, -0.2) is 0 Å². The van der Waals surface area contributed by atoms with Gasteiger partial charge in [-0.05, 0) is 42.8 Å². The Hall–Kier alpha value is -2.01. The van der Waals surface area contributed by atoms with E-state index in [2.05, 4.69) is 21.2 Å². The maximum atomic E-state index is 12.3. The summed E-state index contributed by atoms with van der Waals surface area (Å²) in [6, 6.07) is 12.6. The van der Waals surface area contributed by atoms with Gasteiger partial charge in [0.1, 0.15) is 5.75 Å². The van der Waals surface area contributed by atoms with Gasteiger partial charge in [-0.15, -0.1) is 0 Å². The van der Waals surface area contributed by atoms with Gasteiger partial charge < -0.3 is 15.8 Å². The number of hydrogen-bond donors (Lipinski definition) is 2. The smallest absolute Gasteiger partial charge is 0.251 e. The minimum absolute atomic E-state index is 0.132. The molecule has 2 rings (SSSR count). The number of rotatable bonds is 4. The average Bonchev–Trinajstić information content (AvgIpc) is 2.46. The number of carbonyl (C=O) groups excluding carboxylic acids is 1. The molecule has 4 nitrogen and oxygen atoms in total. The van der Waals surface area contributed by atoms with E-state index in [1.165, 1.54) is 0 Å². The fourth-order valence-electron chi connectivity index (χ4n) is 2.02. The fourth-order valence-corrected chi connectivity index (χ4v) is 2.53. The highest BCUT2D eigenvalue weighted by atomic mass is 79.9. The van der Waals surface area contributed by atoms with Gasteiger partial charge >= 0.3 is 0 Å². The zero-order valence-corrected chi connectivity index (χ0v) is 13.5. The summed E-state index contributed by atoms with van der Waals surface area (Å²) in [4.78, 5) is 12.3. The number of methoxy groups -OCH3 is 1. The quantitative estimate of drug-likeness (QED) is 0.830. The number of amides is 1. The van der Waals surface area contributed by atoms with Crippen molar-refractivity contribution in [1.82, 2.24) is 5.32 Å². The van der Waals surface area contributed by atoms with Crippen molar-refractivity contribution in [1.29, 1.82) is 0 Å². The molecule has 0 saturated carbocycles. The summed E-state index contributed by atoms with van der Waals surface area (Å²) in [5, 5.41) is 2.95. The largest absolute Gasteiger partial charge is 0.497 e. The molecule has 1 atom stereocenters. The maximum absolute atomic E-state index is 12.3. The van der Waals surface area contributed by atoms with Gasteiger partial charge in [0.05, 0.1) is 13.2 Å². The fraction of sp³-hybridized carbons (Fsp3) is 0.188. The lowest BCUT2D eigenvalue weighted by atomic mass is 10.1. The number of nitrogens with two attached hydrogens (primary N) is 1. The molecule has 0 fully saturated rings. The van der Waals surface area contributed by atoms with E-state index in [1.54, 1.807) is 25.3 Å². The molecule has 0 unspecified atom stereocenters. The monoisotopic (exact) mass is 348 g/mol. The van der Waals surface area contributed by atoms with E-state index in [4.69, 9.17) is 10.5 Å². The van der Waals surface area contributed by atoms with E-state index >= 15 is 0 Å². The number of nitrogens with one attached hydrogen (secondary N) is 1. The Morgan fingerprint density at radius 2 is 2.05 bits per heavy atom. The predicted octanol–water partition coefficient (Wildman–Crippen LogP) is 3.53. The van der Waals surface area contributed by atoms with Crippen molar-refractivity contribution >= 4 is 27.5 Å². The van der Waals surface area contributed by atoms with Crippen molar-refractivity contribution in [3.63, 3.8) is 0 Å². The van der Waals surface area contributed by atoms with Gasteiger partial charge in [-0.2, -0.15) is 0 Å². The summed E-state index contributed by atoms with van der Waals surface area (Å²) in [5.41, 5.74) is 7.80.